The van der Waals surface area contributed by atoms with Crippen LogP contribution in [0.3, 0.4) is 0 Å². The van der Waals surface area contributed by atoms with Crippen LogP contribution < -0.4 is 4.90 Å². The van der Waals surface area contributed by atoms with E-state index in [0.29, 0.717) is 6.42 Å². The Morgan fingerprint density at radius 2 is 1.83 bits per heavy atom. The first-order chi connectivity index (χ1) is 11.5. The topological polar surface area (TPSA) is 41.4 Å². The summed E-state index contributed by atoms with van der Waals surface area (Å²) >= 11 is 0. The van der Waals surface area contributed by atoms with Gasteiger partial charge in [0.25, 0.3) is 0 Å². The lowest BCUT2D eigenvalue weighted by atomic mass is 10.1. The van der Waals surface area contributed by atoms with Crippen LogP contribution in [0.5, 0.6) is 0 Å². The zero-order valence-corrected chi connectivity index (χ0v) is 15.0. The zero-order chi connectivity index (χ0) is 17.3. The second kappa shape index (κ2) is 6.67. The van der Waals surface area contributed by atoms with E-state index in [4.69, 9.17) is 0 Å². The highest BCUT2D eigenvalue weighted by molar-refractivity contribution is 5.79. The van der Waals surface area contributed by atoms with Crippen LogP contribution in [-0.4, -0.2) is 46.8 Å². The molecule has 5 nitrogen and oxygen atoms in total. The van der Waals surface area contributed by atoms with E-state index in [1.807, 2.05) is 30.5 Å². The lowest BCUT2D eigenvalue weighted by molar-refractivity contribution is -0.130. The number of hydrogen-bond acceptors (Lipinski definition) is 3. The van der Waals surface area contributed by atoms with E-state index >= 15 is 0 Å². The van der Waals surface area contributed by atoms with Gasteiger partial charge in [0, 0.05) is 50.2 Å². The van der Waals surface area contributed by atoms with Crippen molar-refractivity contribution in [3.63, 3.8) is 0 Å². The highest BCUT2D eigenvalue weighted by Crippen LogP contribution is 2.19. The molecule has 0 radical (unpaired) electrons. The molecule has 0 aliphatic carbocycles. The van der Waals surface area contributed by atoms with Crippen LogP contribution in [0.15, 0.2) is 24.3 Å². The third-order valence-corrected chi connectivity index (χ3v) is 4.99. The standard InChI is InChI=1S/C19H26N4O/c1-14-6-5-7-17(12-14)22-8-10-23(11-9-22)19(24)13-18-15(2)20-21(4)16(18)3/h5-7,12H,8-11,13H2,1-4H3. The lowest BCUT2D eigenvalue weighted by Crippen LogP contribution is -2.49. The number of aromatic nitrogens is 2. The van der Waals surface area contributed by atoms with E-state index in [9.17, 15) is 4.79 Å². The summed E-state index contributed by atoms with van der Waals surface area (Å²) in [6, 6.07) is 8.56. The summed E-state index contributed by atoms with van der Waals surface area (Å²) in [4.78, 5) is 17.0. The number of rotatable bonds is 3. The minimum absolute atomic E-state index is 0.207. The molecule has 1 aromatic carbocycles. The molecule has 1 aromatic heterocycles. The van der Waals surface area contributed by atoms with Crippen molar-refractivity contribution in [2.75, 3.05) is 31.1 Å². The number of benzene rings is 1. The lowest BCUT2D eigenvalue weighted by Gasteiger charge is -2.36. The predicted octanol–water partition coefficient (Wildman–Crippen LogP) is 2.24. The highest BCUT2D eigenvalue weighted by Gasteiger charge is 2.23. The van der Waals surface area contributed by atoms with E-state index < -0.39 is 0 Å². The first-order valence-corrected chi connectivity index (χ1v) is 8.54. The summed E-state index contributed by atoms with van der Waals surface area (Å²) in [5.41, 5.74) is 5.64. The second-order valence-corrected chi connectivity index (χ2v) is 6.66. The summed E-state index contributed by atoms with van der Waals surface area (Å²) < 4.78 is 1.85. The Balaban J connectivity index is 1.61. The van der Waals surface area contributed by atoms with Crippen molar-refractivity contribution < 1.29 is 4.79 Å². The quantitative estimate of drug-likeness (QED) is 0.868. The fourth-order valence-corrected chi connectivity index (χ4v) is 3.38. The number of carbonyl (C=O) groups is 1. The maximum absolute atomic E-state index is 12.6. The molecule has 0 saturated carbocycles. The second-order valence-electron chi connectivity index (χ2n) is 6.66. The van der Waals surface area contributed by atoms with Crippen molar-refractivity contribution in [2.24, 2.45) is 7.05 Å². The molecule has 0 spiro atoms. The maximum atomic E-state index is 12.6. The largest absolute Gasteiger partial charge is 0.368 e. The molecule has 5 heteroatoms. The Bertz CT molecular complexity index is 742. The van der Waals surface area contributed by atoms with Gasteiger partial charge in [-0.25, -0.2) is 0 Å². The maximum Gasteiger partial charge on any atom is 0.227 e. The monoisotopic (exact) mass is 326 g/mol. The zero-order valence-electron chi connectivity index (χ0n) is 15.0. The van der Waals surface area contributed by atoms with Gasteiger partial charge in [0.2, 0.25) is 5.91 Å². The smallest absolute Gasteiger partial charge is 0.227 e. The molecule has 2 aromatic rings. The van der Waals surface area contributed by atoms with Crippen LogP contribution in [0.25, 0.3) is 0 Å². The van der Waals surface area contributed by atoms with Crippen molar-refractivity contribution in [3.8, 4) is 0 Å². The van der Waals surface area contributed by atoms with Crippen molar-refractivity contribution in [1.29, 1.82) is 0 Å². The molecule has 3 rings (SSSR count). The van der Waals surface area contributed by atoms with Gasteiger partial charge in [-0.2, -0.15) is 5.10 Å². The molecule has 1 saturated heterocycles. The summed E-state index contributed by atoms with van der Waals surface area (Å²) in [6.45, 7) is 9.46. The van der Waals surface area contributed by atoms with Gasteiger partial charge in [-0.15, -0.1) is 0 Å². The summed E-state index contributed by atoms with van der Waals surface area (Å²) in [5, 5.41) is 4.41. The molecule has 128 valence electrons. The predicted molar refractivity (Wildman–Crippen MR) is 96.4 cm³/mol. The minimum atomic E-state index is 0.207. The molecule has 1 amide bonds. The number of amides is 1. The normalized spacial score (nSPS) is 15.0. The average molecular weight is 326 g/mol. The van der Waals surface area contributed by atoms with E-state index in [1.54, 1.807) is 0 Å². The van der Waals surface area contributed by atoms with Gasteiger partial charge >= 0.3 is 0 Å². The minimum Gasteiger partial charge on any atom is -0.368 e. The average Bonchev–Trinajstić information content (AvgIpc) is 2.81. The Hall–Kier alpha value is -2.30. The van der Waals surface area contributed by atoms with Crippen LogP contribution >= 0.6 is 0 Å². The number of anilines is 1. The van der Waals surface area contributed by atoms with E-state index in [-0.39, 0.29) is 5.91 Å². The Kier molecular flexibility index (Phi) is 4.60. The van der Waals surface area contributed by atoms with Crippen molar-refractivity contribution in [2.45, 2.75) is 27.2 Å². The molecule has 0 unspecified atom stereocenters. The van der Waals surface area contributed by atoms with E-state index in [2.05, 4.69) is 41.2 Å². The Labute approximate surface area is 143 Å². The molecule has 2 heterocycles. The summed E-state index contributed by atoms with van der Waals surface area (Å²) in [6.07, 6.45) is 0.454. The highest BCUT2D eigenvalue weighted by atomic mass is 16.2. The number of hydrogen-bond donors (Lipinski definition) is 0. The summed E-state index contributed by atoms with van der Waals surface area (Å²) in [5.74, 6) is 0.207. The number of nitrogens with zero attached hydrogens (tertiary/aromatic N) is 4. The Morgan fingerprint density at radius 1 is 1.12 bits per heavy atom. The molecular weight excluding hydrogens is 300 g/mol. The fraction of sp³-hybridized carbons (Fsp3) is 0.474. The van der Waals surface area contributed by atoms with Crippen molar-refractivity contribution in [1.82, 2.24) is 14.7 Å². The molecule has 1 aliphatic rings. The third-order valence-electron chi connectivity index (χ3n) is 4.99. The third kappa shape index (κ3) is 3.30. The van der Waals surface area contributed by atoms with E-state index in [1.165, 1.54) is 11.3 Å². The van der Waals surface area contributed by atoms with Crippen LogP contribution in [0, 0.1) is 20.8 Å². The summed E-state index contributed by atoms with van der Waals surface area (Å²) in [7, 11) is 1.93. The van der Waals surface area contributed by atoms with E-state index in [0.717, 1.165) is 43.1 Å². The number of carbonyl (C=O) groups excluding carboxylic acids is 1. The van der Waals surface area contributed by atoms with Gasteiger partial charge in [0.05, 0.1) is 12.1 Å². The molecule has 0 atom stereocenters. The van der Waals surface area contributed by atoms with Crippen LogP contribution in [0.4, 0.5) is 5.69 Å². The van der Waals surface area contributed by atoms with Gasteiger partial charge in [-0.1, -0.05) is 12.1 Å². The molecule has 0 N–H and O–H groups in total. The molecule has 1 fully saturated rings. The van der Waals surface area contributed by atoms with Crippen LogP contribution in [0.1, 0.15) is 22.5 Å². The number of piperazine rings is 1. The van der Waals surface area contributed by atoms with Crippen molar-refractivity contribution in [3.05, 3.63) is 46.8 Å². The van der Waals surface area contributed by atoms with Crippen molar-refractivity contribution >= 4 is 11.6 Å². The number of aryl methyl sites for hydroxylation is 3. The SMILES string of the molecule is Cc1cccc(N2CCN(C(=O)Cc3c(C)nn(C)c3C)CC2)c1. The van der Waals surface area contributed by atoms with Crippen LogP contribution in [0.2, 0.25) is 0 Å². The fourth-order valence-electron chi connectivity index (χ4n) is 3.38. The first-order valence-electron chi connectivity index (χ1n) is 8.54. The molecular formula is C19H26N4O. The van der Waals surface area contributed by atoms with Gasteiger partial charge in [0.1, 0.15) is 0 Å². The van der Waals surface area contributed by atoms with Gasteiger partial charge in [-0.3, -0.25) is 9.48 Å². The molecule has 24 heavy (non-hydrogen) atoms. The first kappa shape index (κ1) is 16.6. The van der Waals surface area contributed by atoms with Crippen LogP contribution in [-0.2, 0) is 18.3 Å². The van der Waals surface area contributed by atoms with Gasteiger partial charge in [0.15, 0.2) is 0 Å². The Morgan fingerprint density at radius 3 is 2.42 bits per heavy atom. The van der Waals surface area contributed by atoms with Gasteiger partial charge in [-0.05, 0) is 38.5 Å². The molecule has 0 bridgehead atoms. The molecule has 1 aliphatic heterocycles. The van der Waals surface area contributed by atoms with Gasteiger partial charge < -0.3 is 9.80 Å².